The molecular weight excluding hydrogens is 316 g/mol. The SMILES string of the molecule is CCN1CCN(CC2CN(c3ncnc4[nH]ccc34)CC2CO)CC1. The number of hydrogen-bond acceptors (Lipinski definition) is 6. The zero-order valence-electron chi connectivity index (χ0n) is 14.9. The summed E-state index contributed by atoms with van der Waals surface area (Å²) in [5.41, 5.74) is 0.879. The van der Waals surface area contributed by atoms with Crippen LogP contribution in [0.1, 0.15) is 6.92 Å². The molecular formula is C18H28N6O. The van der Waals surface area contributed by atoms with E-state index in [1.165, 1.54) is 0 Å². The maximum Gasteiger partial charge on any atom is 0.142 e. The summed E-state index contributed by atoms with van der Waals surface area (Å²) in [6, 6.07) is 2.04. The first-order chi connectivity index (χ1) is 12.3. The van der Waals surface area contributed by atoms with Gasteiger partial charge in [0.2, 0.25) is 0 Å². The number of piperazine rings is 1. The van der Waals surface area contributed by atoms with Crippen molar-refractivity contribution in [3.05, 3.63) is 18.6 Å². The first kappa shape index (κ1) is 16.8. The van der Waals surface area contributed by atoms with Crippen molar-refractivity contribution < 1.29 is 5.11 Å². The summed E-state index contributed by atoms with van der Waals surface area (Å²) >= 11 is 0. The van der Waals surface area contributed by atoms with Crippen molar-refractivity contribution in [3.63, 3.8) is 0 Å². The predicted molar refractivity (Wildman–Crippen MR) is 98.7 cm³/mol. The van der Waals surface area contributed by atoms with Crippen LogP contribution in [0.5, 0.6) is 0 Å². The normalized spacial score (nSPS) is 25.9. The Morgan fingerprint density at radius 1 is 1.12 bits per heavy atom. The van der Waals surface area contributed by atoms with Gasteiger partial charge in [0.25, 0.3) is 0 Å². The Bertz CT molecular complexity index is 696. The topological polar surface area (TPSA) is 71.5 Å². The van der Waals surface area contributed by atoms with E-state index in [0.717, 1.165) is 69.2 Å². The second-order valence-electron chi connectivity index (χ2n) is 7.28. The van der Waals surface area contributed by atoms with Crippen molar-refractivity contribution in [1.29, 1.82) is 0 Å². The van der Waals surface area contributed by atoms with E-state index in [1.807, 2.05) is 12.3 Å². The lowest BCUT2D eigenvalue weighted by atomic mass is 9.96. The number of nitrogens with zero attached hydrogens (tertiary/aromatic N) is 5. The molecule has 2 aliphatic rings. The Morgan fingerprint density at radius 2 is 1.88 bits per heavy atom. The summed E-state index contributed by atoms with van der Waals surface area (Å²) in [4.78, 5) is 19.4. The van der Waals surface area contributed by atoms with Gasteiger partial charge >= 0.3 is 0 Å². The molecule has 2 aromatic rings. The van der Waals surface area contributed by atoms with Crippen LogP contribution in [0, 0.1) is 11.8 Å². The number of anilines is 1. The molecule has 4 heterocycles. The molecule has 0 radical (unpaired) electrons. The third kappa shape index (κ3) is 3.36. The summed E-state index contributed by atoms with van der Waals surface area (Å²) in [5.74, 6) is 1.79. The van der Waals surface area contributed by atoms with E-state index in [4.69, 9.17) is 0 Å². The van der Waals surface area contributed by atoms with Gasteiger partial charge in [-0.1, -0.05) is 6.92 Å². The van der Waals surface area contributed by atoms with Gasteiger partial charge in [-0.15, -0.1) is 0 Å². The highest BCUT2D eigenvalue weighted by molar-refractivity contribution is 5.87. The molecule has 2 saturated heterocycles. The molecule has 2 atom stereocenters. The molecule has 2 aromatic heterocycles. The summed E-state index contributed by atoms with van der Waals surface area (Å²) in [7, 11) is 0. The molecule has 2 aliphatic heterocycles. The zero-order valence-corrected chi connectivity index (χ0v) is 14.9. The van der Waals surface area contributed by atoms with Crippen molar-refractivity contribution in [3.8, 4) is 0 Å². The molecule has 0 aromatic carbocycles. The lowest BCUT2D eigenvalue weighted by Crippen LogP contribution is -2.48. The zero-order chi connectivity index (χ0) is 17.2. The predicted octanol–water partition coefficient (Wildman–Crippen LogP) is 0.640. The molecule has 4 rings (SSSR count). The smallest absolute Gasteiger partial charge is 0.142 e. The molecule has 0 saturated carbocycles. The number of aliphatic hydroxyl groups excluding tert-OH is 1. The van der Waals surface area contributed by atoms with E-state index >= 15 is 0 Å². The molecule has 0 amide bonds. The Kier molecular flexibility index (Phi) is 4.87. The van der Waals surface area contributed by atoms with Gasteiger partial charge in [0.15, 0.2) is 0 Å². The van der Waals surface area contributed by atoms with Crippen molar-refractivity contribution in [2.75, 3.05) is 63.9 Å². The van der Waals surface area contributed by atoms with Gasteiger partial charge in [-0.25, -0.2) is 9.97 Å². The second-order valence-corrected chi connectivity index (χ2v) is 7.28. The second kappa shape index (κ2) is 7.27. The fraction of sp³-hybridized carbons (Fsp3) is 0.667. The minimum atomic E-state index is 0.247. The first-order valence-electron chi connectivity index (χ1n) is 9.37. The number of hydrogen-bond donors (Lipinski definition) is 2. The fourth-order valence-corrected chi connectivity index (χ4v) is 4.26. The van der Waals surface area contributed by atoms with Gasteiger partial charge in [0.1, 0.15) is 17.8 Å². The number of fused-ring (bicyclic) bond motifs is 1. The van der Waals surface area contributed by atoms with Crippen LogP contribution in [-0.2, 0) is 0 Å². The number of aromatic nitrogens is 3. The Hall–Kier alpha value is -1.70. The van der Waals surface area contributed by atoms with Crippen LogP contribution in [0.2, 0.25) is 0 Å². The number of likely N-dealkylation sites (N-methyl/N-ethyl adjacent to an activating group) is 1. The fourth-order valence-electron chi connectivity index (χ4n) is 4.26. The standard InChI is InChI=1S/C18H28N6O/c1-2-22-5-7-23(8-6-22)9-14-10-24(11-15(14)12-25)18-16-3-4-19-17(16)20-13-21-18/h3-4,13-15,25H,2,5-12H2,1H3,(H,19,20,21). The molecule has 2 unspecified atom stereocenters. The Balaban J connectivity index is 1.45. The van der Waals surface area contributed by atoms with Crippen LogP contribution < -0.4 is 4.90 Å². The molecule has 0 spiro atoms. The third-order valence-corrected chi connectivity index (χ3v) is 5.85. The van der Waals surface area contributed by atoms with Crippen molar-refractivity contribution in [2.24, 2.45) is 11.8 Å². The summed E-state index contributed by atoms with van der Waals surface area (Å²) < 4.78 is 0. The van der Waals surface area contributed by atoms with Crippen LogP contribution >= 0.6 is 0 Å². The first-order valence-corrected chi connectivity index (χ1v) is 9.37. The van der Waals surface area contributed by atoms with Crippen molar-refractivity contribution in [1.82, 2.24) is 24.8 Å². The van der Waals surface area contributed by atoms with Gasteiger partial charge in [0, 0.05) is 64.5 Å². The summed E-state index contributed by atoms with van der Waals surface area (Å²) in [5, 5.41) is 11.0. The minimum absolute atomic E-state index is 0.247. The van der Waals surface area contributed by atoms with E-state index in [9.17, 15) is 5.11 Å². The van der Waals surface area contributed by atoms with E-state index in [1.54, 1.807) is 6.33 Å². The van der Waals surface area contributed by atoms with Crippen LogP contribution in [0.15, 0.2) is 18.6 Å². The molecule has 2 fully saturated rings. The van der Waals surface area contributed by atoms with Crippen LogP contribution in [0.4, 0.5) is 5.82 Å². The average molecular weight is 344 g/mol. The average Bonchev–Trinajstić information content (AvgIpc) is 3.28. The molecule has 136 valence electrons. The quantitative estimate of drug-likeness (QED) is 0.829. The number of nitrogens with one attached hydrogen (secondary N) is 1. The van der Waals surface area contributed by atoms with E-state index < -0.39 is 0 Å². The van der Waals surface area contributed by atoms with E-state index in [2.05, 4.69) is 36.6 Å². The summed E-state index contributed by atoms with van der Waals surface area (Å²) in [6.45, 7) is 11.1. The molecule has 7 nitrogen and oxygen atoms in total. The van der Waals surface area contributed by atoms with Crippen molar-refractivity contribution in [2.45, 2.75) is 6.92 Å². The Morgan fingerprint density at radius 3 is 2.64 bits per heavy atom. The van der Waals surface area contributed by atoms with Crippen LogP contribution in [-0.4, -0.2) is 88.8 Å². The third-order valence-electron chi connectivity index (χ3n) is 5.85. The number of aromatic amines is 1. The molecule has 0 bridgehead atoms. The monoisotopic (exact) mass is 344 g/mol. The lowest BCUT2D eigenvalue weighted by Gasteiger charge is -2.36. The van der Waals surface area contributed by atoms with Crippen LogP contribution in [0.25, 0.3) is 11.0 Å². The lowest BCUT2D eigenvalue weighted by molar-refractivity contribution is 0.106. The van der Waals surface area contributed by atoms with Gasteiger partial charge in [-0.05, 0) is 18.5 Å². The van der Waals surface area contributed by atoms with E-state index in [0.29, 0.717) is 11.8 Å². The molecule has 25 heavy (non-hydrogen) atoms. The van der Waals surface area contributed by atoms with Gasteiger partial charge < -0.3 is 24.8 Å². The molecule has 2 N–H and O–H groups in total. The van der Waals surface area contributed by atoms with Gasteiger partial charge in [0.05, 0.1) is 5.39 Å². The number of H-pyrrole nitrogens is 1. The maximum atomic E-state index is 9.89. The highest BCUT2D eigenvalue weighted by atomic mass is 16.3. The van der Waals surface area contributed by atoms with Crippen LogP contribution in [0.3, 0.4) is 0 Å². The highest BCUT2D eigenvalue weighted by Crippen LogP contribution is 2.31. The van der Waals surface area contributed by atoms with Crippen molar-refractivity contribution >= 4 is 16.9 Å². The van der Waals surface area contributed by atoms with Gasteiger partial charge in [-0.2, -0.15) is 0 Å². The largest absolute Gasteiger partial charge is 0.396 e. The maximum absolute atomic E-state index is 9.89. The summed E-state index contributed by atoms with van der Waals surface area (Å²) in [6.07, 6.45) is 3.53. The number of rotatable bonds is 5. The molecule has 7 heteroatoms. The number of aliphatic hydroxyl groups is 1. The van der Waals surface area contributed by atoms with E-state index in [-0.39, 0.29) is 6.61 Å². The molecule has 0 aliphatic carbocycles. The van der Waals surface area contributed by atoms with Gasteiger partial charge in [-0.3, -0.25) is 0 Å². The minimum Gasteiger partial charge on any atom is -0.396 e. The Labute approximate surface area is 148 Å². The highest BCUT2D eigenvalue weighted by Gasteiger charge is 2.35.